The van der Waals surface area contributed by atoms with E-state index in [9.17, 15) is 19.9 Å². The molecule has 1 fully saturated rings. The number of halogens is 1. The second-order valence-corrected chi connectivity index (χ2v) is 8.94. The van der Waals surface area contributed by atoms with E-state index in [1.165, 1.54) is 12.1 Å². The molecule has 1 aliphatic carbocycles. The Kier molecular flexibility index (Phi) is 5.55. The van der Waals surface area contributed by atoms with Crippen LogP contribution in [-0.4, -0.2) is 39.4 Å². The van der Waals surface area contributed by atoms with E-state index in [0.717, 1.165) is 24.1 Å². The van der Waals surface area contributed by atoms with Crippen molar-refractivity contribution < 1.29 is 19.3 Å². The maximum absolute atomic E-state index is 14.2. The number of hydrogen-bond donors (Lipinski definition) is 4. The van der Waals surface area contributed by atoms with Gasteiger partial charge in [0.25, 0.3) is 0 Å². The summed E-state index contributed by atoms with van der Waals surface area (Å²) in [6.07, 6.45) is 3.47. The monoisotopic (exact) mass is 461 g/mol. The van der Waals surface area contributed by atoms with Crippen molar-refractivity contribution in [3.63, 3.8) is 0 Å². The van der Waals surface area contributed by atoms with E-state index in [4.69, 9.17) is 4.74 Å². The number of aliphatic hydroxyl groups is 2. The molecule has 1 atom stereocenters. The summed E-state index contributed by atoms with van der Waals surface area (Å²) >= 11 is 0. The van der Waals surface area contributed by atoms with E-state index in [1.807, 2.05) is 13.0 Å². The minimum absolute atomic E-state index is 0.0532. The fourth-order valence-corrected chi connectivity index (χ4v) is 4.05. The molecule has 2 aromatic carbocycles. The highest BCUT2D eigenvalue weighted by molar-refractivity contribution is 5.76. The number of ether oxygens (including phenoxy) is 1. The molecule has 5 rings (SSSR count). The fraction of sp³-hybridized carbons (Fsp3) is 0.320. The van der Waals surface area contributed by atoms with Crippen LogP contribution in [0, 0.1) is 17.1 Å². The predicted molar refractivity (Wildman–Crippen MR) is 124 cm³/mol. The Labute approximate surface area is 196 Å². The normalized spacial score (nSPS) is 18.7. The Balaban J connectivity index is 1.51. The molecule has 0 radical (unpaired) electrons. The van der Waals surface area contributed by atoms with Gasteiger partial charge >= 0.3 is 0 Å². The van der Waals surface area contributed by atoms with Gasteiger partial charge in [-0.2, -0.15) is 5.26 Å². The van der Waals surface area contributed by atoms with E-state index in [2.05, 4.69) is 26.7 Å². The summed E-state index contributed by atoms with van der Waals surface area (Å²) in [4.78, 5) is 8.88. The Morgan fingerprint density at radius 2 is 2.12 bits per heavy atom. The van der Waals surface area contributed by atoms with Crippen molar-refractivity contribution in [1.29, 1.82) is 5.26 Å². The van der Waals surface area contributed by atoms with Crippen LogP contribution in [-0.2, 0) is 12.0 Å². The van der Waals surface area contributed by atoms with Crippen molar-refractivity contribution in [2.45, 2.75) is 37.9 Å². The van der Waals surface area contributed by atoms with Crippen LogP contribution >= 0.6 is 0 Å². The first-order chi connectivity index (χ1) is 16.4. The van der Waals surface area contributed by atoms with Crippen LogP contribution in [0.4, 0.5) is 21.7 Å². The van der Waals surface area contributed by atoms with E-state index in [0.29, 0.717) is 34.8 Å². The van der Waals surface area contributed by atoms with Crippen molar-refractivity contribution in [1.82, 2.24) is 9.97 Å². The van der Waals surface area contributed by atoms with Crippen molar-refractivity contribution in [3.8, 4) is 23.1 Å². The molecule has 9 heteroatoms. The smallest absolute Gasteiger partial charge is 0.227 e. The second kappa shape index (κ2) is 8.56. The molecule has 174 valence electrons. The van der Waals surface area contributed by atoms with Gasteiger partial charge in [-0.15, -0.1) is 0 Å². The van der Waals surface area contributed by atoms with Gasteiger partial charge in [0, 0.05) is 35.3 Å². The maximum Gasteiger partial charge on any atom is 0.227 e. The summed E-state index contributed by atoms with van der Waals surface area (Å²) < 4.78 is 20.1. The number of aliphatic hydroxyl groups excluding tert-OH is 2. The second-order valence-electron chi connectivity index (χ2n) is 8.94. The minimum atomic E-state index is -0.541. The first-order valence-electron chi connectivity index (χ1n) is 11.1. The predicted octanol–water partition coefficient (Wildman–Crippen LogP) is 3.61. The Hall–Kier alpha value is -3.74. The van der Waals surface area contributed by atoms with Gasteiger partial charge in [0.05, 0.1) is 41.9 Å². The number of aromatic nitrogens is 2. The van der Waals surface area contributed by atoms with Crippen LogP contribution in [0.1, 0.15) is 36.5 Å². The van der Waals surface area contributed by atoms with Gasteiger partial charge < -0.3 is 25.6 Å². The molecule has 2 aliphatic rings. The zero-order valence-electron chi connectivity index (χ0n) is 18.6. The zero-order chi connectivity index (χ0) is 23.9. The van der Waals surface area contributed by atoms with Crippen LogP contribution in [0.5, 0.6) is 5.75 Å². The average molecular weight is 461 g/mol. The van der Waals surface area contributed by atoms with E-state index in [1.54, 1.807) is 18.3 Å². The fourth-order valence-electron chi connectivity index (χ4n) is 4.05. The van der Waals surface area contributed by atoms with Crippen LogP contribution in [0.2, 0.25) is 0 Å². The van der Waals surface area contributed by atoms with Gasteiger partial charge in [-0.3, -0.25) is 0 Å². The quantitative estimate of drug-likeness (QED) is 0.421. The van der Waals surface area contributed by atoms with Gasteiger partial charge in [0.2, 0.25) is 5.95 Å². The number of nitriles is 1. The molecule has 2 heterocycles. The van der Waals surface area contributed by atoms with Crippen molar-refractivity contribution in [2.24, 2.45) is 0 Å². The number of benzene rings is 2. The molecule has 0 unspecified atom stereocenters. The number of rotatable bonds is 7. The zero-order valence-corrected chi connectivity index (χ0v) is 18.6. The summed E-state index contributed by atoms with van der Waals surface area (Å²) in [6, 6.07) is 10.4. The Bertz CT molecular complexity index is 1300. The number of fused-ring (bicyclic) bond motifs is 1. The molecule has 34 heavy (non-hydrogen) atoms. The minimum Gasteiger partial charge on any atom is -0.488 e. The maximum atomic E-state index is 14.2. The third-order valence-electron chi connectivity index (χ3n) is 6.25. The molecule has 0 bridgehead atoms. The number of anilines is 3. The van der Waals surface area contributed by atoms with Crippen LogP contribution in [0.25, 0.3) is 11.3 Å². The molecule has 3 aromatic rings. The highest BCUT2D eigenvalue weighted by Gasteiger charge is 2.36. The summed E-state index contributed by atoms with van der Waals surface area (Å²) in [5, 5.41) is 35.4. The van der Waals surface area contributed by atoms with Gasteiger partial charge in [0.15, 0.2) is 0 Å². The van der Waals surface area contributed by atoms with Crippen molar-refractivity contribution in [3.05, 3.63) is 59.0 Å². The molecule has 1 saturated carbocycles. The Morgan fingerprint density at radius 1 is 1.29 bits per heavy atom. The van der Waals surface area contributed by atoms with Gasteiger partial charge in [-0.05, 0) is 42.7 Å². The van der Waals surface area contributed by atoms with Gasteiger partial charge in [-0.1, -0.05) is 6.92 Å². The van der Waals surface area contributed by atoms with E-state index < -0.39 is 17.8 Å². The lowest BCUT2D eigenvalue weighted by Crippen LogP contribution is -2.28. The number of nitrogens with one attached hydrogen (secondary N) is 2. The molecular formula is C25H24FN5O3. The molecule has 8 nitrogen and oxygen atoms in total. The van der Waals surface area contributed by atoms with Crippen LogP contribution < -0.4 is 15.4 Å². The number of hydrogen-bond acceptors (Lipinski definition) is 8. The summed E-state index contributed by atoms with van der Waals surface area (Å²) in [7, 11) is 0. The Morgan fingerprint density at radius 3 is 2.82 bits per heavy atom. The van der Waals surface area contributed by atoms with Crippen molar-refractivity contribution in [2.75, 3.05) is 23.8 Å². The lowest BCUT2D eigenvalue weighted by Gasteiger charge is -2.21. The van der Waals surface area contributed by atoms with Crippen LogP contribution in [0.15, 0.2) is 36.5 Å². The first-order valence-corrected chi connectivity index (χ1v) is 11.1. The van der Waals surface area contributed by atoms with Gasteiger partial charge in [-0.25, -0.2) is 14.4 Å². The van der Waals surface area contributed by atoms with Crippen LogP contribution in [0.3, 0.4) is 0 Å². The molecule has 1 aliphatic heterocycles. The summed E-state index contributed by atoms with van der Waals surface area (Å²) in [5.41, 5.74) is 3.46. The largest absolute Gasteiger partial charge is 0.488 e. The highest BCUT2D eigenvalue weighted by atomic mass is 19.1. The molecule has 0 saturated heterocycles. The average Bonchev–Trinajstić information content (AvgIpc) is 3.61. The third kappa shape index (κ3) is 4.02. The molecule has 0 amide bonds. The summed E-state index contributed by atoms with van der Waals surface area (Å²) in [6.45, 7) is 1.97. The van der Waals surface area contributed by atoms with E-state index in [-0.39, 0.29) is 24.2 Å². The topological polar surface area (TPSA) is 123 Å². The van der Waals surface area contributed by atoms with Gasteiger partial charge in [0.1, 0.15) is 17.6 Å². The van der Waals surface area contributed by atoms with E-state index >= 15 is 0 Å². The molecular weight excluding hydrogens is 437 g/mol. The SMILES string of the molecule is C[C@]1(CO)CNc2c(C#N)cc(-c3ccnc(Nc4cc(CO)c(F)cc4OC4CC4)n3)cc21. The third-order valence-corrected chi connectivity index (χ3v) is 6.25. The molecule has 4 N–H and O–H groups in total. The van der Waals surface area contributed by atoms with Crippen molar-refractivity contribution >= 4 is 17.3 Å². The first kappa shape index (κ1) is 22.1. The molecule has 1 aromatic heterocycles. The standard InChI is InChI=1S/C25H24FN5O3/c1-25(13-33)12-29-23-15(10-27)6-14(7-18(23)25)20-4-5-28-24(30-20)31-21-8-16(11-32)19(26)9-22(21)34-17-2-3-17/h4-9,17,29,32-33H,2-3,11-13H2,1H3,(H,28,30,31)/t25-/m1/s1. The number of nitrogens with zero attached hydrogens (tertiary/aromatic N) is 3. The lowest BCUT2D eigenvalue weighted by atomic mass is 9.83. The molecule has 0 spiro atoms. The lowest BCUT2D eigenvalue weighted by molar-refractivity contribution is 0.219. The summed E-state index contributed by atoms with van der Waals surface area (Å²) in [5.74, 6) is 0.0528. The highest BCUT2D eigenvalue weighted by Crippen LogP contribution is 2.41.